The lowest BCUT2D eigenvalue weighted by Crippen LogP contribution is -2.14. The van der Waals surface area contributed by atoms with Gasteiger partial charge in [-0.25, -0.2) is 4.98 Å². The predicted molar refractivity (Wildman–Crippen MR) is 103 cm³/mol. The van der Waals surface area contributed by atoms with Crippen molar-refractivity contribution in [3.05, 3.63) is 76.5 Å². The predicted octanol–water partition coefficient (Wildman–Crippen LogP) is 4.31. The molecule has 27 heavy (non-hydrogen) atoms. The normalized spacial score (nSPS) is 20.8. The maximum Gasteiger partial charge on any atom is 0.180 e. The molecule has 2 aromatic carbocycles. The molecule has 4 nitrogen and oxygen atoms in total. The van der Waals surface area contributed by atoms with Gasteiger partial charge in [0, 0.05) is 16.5 Å². The van der Waals surface area contributed by atoms with Crippen molar-refractivity contribution < 1.29 is 14.7 Å². The molecule has 0 saturated carbocycles. The number of para-hydroxylation sites is 1. The van der Waals surface area contributed by atoms with Crippen LogP contribution >= 0.6 is 0 Å². The van der Waals surface area contributed by atoms with Gasteiger partial charge in [0.1, 0.15) is 17.4 Å². The number of benzene rings is 2. The van der Waals surface area contributed by atoms with Gasteiger partial charge in [0.25, 0.3) is 0 Å². The van der Waals surface area contributed by atoms with Crippen molar-refractivity contribution in [1.82, 2.24) is 4.98 Å². The lowest BCUT2D eigenvalue weighted by atomic mass is 9.88. The Morgan fingerprint density at radius 3 is 2.59 bits per heavy atom. The first-order valence-electron chi connectivity index (χ1n) is 9.05. The maximum absolute atomic E-state index is 13.1. The first kappa shape index (κ1) is 15.9. The van der Waals surface area contributed by atoms with Crippen LogP contribution < -0.4 is 0 Å². The molecular formula is C23H17NO3. The van der Waals surface area contributed by atoms with Crippen LogP contribution in [0.2, 0.25) is 0 Å². The standard InChI is InChI=1S/C23H17NO3/c1-12-6-7-13-9-16-17(10-15(13)8-12)23(27)20(22(16)26)21-19(25)11-14-4-2-3-5-18(14)24-21/h2-7,9-12,20,25H,8H2,1H3. The highest BCUT2D eigenvalue weighted by Crippen LogP contribution is 2.40. The summed E-state index contributed by atoms with van der Waals surface area (Å²) in [6, 6.07) is 12.6. The van der Waals surface area contributed by atoms with E-state index in [0.717, 1.165) is 22.9 Å². The summed E-state index contributed by atoms with van der Waals surface area (Å²) >= 11 is 0. The fraction of sp³-hybridized carbons (Fsp3) is 0.174. The molecule has 2 atom stereocenters. The lowest BCUT2D eigenvalue weighted by molar-refractivity contribution is 0.0886. The molecule has 1 N–H and O–H groups in total. The van der Waals surface area contributed by atoms with Crippen LogP contribution in [-0.4, -0.2) is 21.7 Å². The zero-order valence-corrected chi connectivity index (χ0v) is 14.8. The van der Waals surface area contributed by atoms with Gasteiger partial charge in [0.05, 0.1) is 5.52 Å². The third-order valence-electron chi connectivity index (χ3n) is 5.49. The van der Waals surface area contributed by atoms with Crippen molar-refractivity contribution >= 4 is 28.5 Å². The minimum Gasteiger partial charge on any atom is -0.506 e. The first-order chi connectivity index (χ1) is 13.0. The zero-order valence-electron chi connectivity index (χ0n) is 14.8. The van der Waals surface area contributed by atoms with Crippen molar-refractivity contribution in [2.75, 3.05) is 0 Å². The van der Waals surface area contributed by atoms with Gasteiger partial charge in [-0.15, -0.1) is 0 Å². The fourth-order valence-electron chi connectivity index (χ4n) is 4.09. The average molecular weight is 355 g/mol. The summed E-state index contributed by atoms with van der Waals surface area (Å²) in [4.78, 5) is 30.6. The molecule has 0 bridgehead atoms. The van der Waals surface area contributed by atoms with Gasteiger partial charge in [-0.3, -0.25) is 9.59 Å². The number of ketones is 2. The Labute approximate surface area is 156 Å². The molecular weight excluding hydrogens is 338 g/mol. The number of pyridine rings is 1. The molecule has 2 unspecified atom stereocenters. The van der Waals surface area contributed by atoms with E-state index in [2.05, 4.69) is 18.0 Å². The summed E-state index contributed by atoms with van der Waals surface area (Å²) < 4.78 is 0. The van der Waals surface area contributed by atoms with Gasteiger partial charge in [0.15, 0.2) is 11.6 Å². The van der Waals surface area contributed by atoms with Crippen LogP contribution in [0, 0.1) is 5.92 Å². The van der Waals surface area contributed by atoms with Crippen molar-refractivity contribution in [2.24, 2.45) is 5.92 Å². The van der Waals surface area contributed by atoms with Gasteiger partial charge >= 0.3 is 0 Å². The number of rotatable bonds is 1. The Kier molecular flexibility index (Phi) is 3.31. The maximum atomic E-state index is 13.1. The van der Waals surface area contributed by atoms with Crippen molar-refractivity contribution in [2.45, 2.75) is 19.3 Å². The molecule has 1 heterocycles. The van der Waals surface area contributed by atoms with Crippen LogP contribution in [0.5, 0.6) is 5.75 Å². The molecule has 2 aliphatic carbocycles. The molecule has 1 aromatic heterocycles. The third-order valence-corrected chi connectivity index (χ3v) is 5.49. The first-order valence-corrected chi connectivity index (χ1v) is 9.05. The summed E-state index contributed by atoms with van der Waals surface area (Å²) in [5, 5.41) is 11.2. The SMILES string of the molecule is CC1C=Cc2cc3c(cc2C1)C(=O)C(c1nc2ccccc2cc1O)C3=O. The van der Waals surface area contributed by atoms with Crippen LogP contribution in [0.4, 0.5) is 0 Å². The molecule has 0 saturated heterocycles. The number of carbonyl (C=O) groups is 2. The molecule has 132 valence electrons. The van der Waals surface area contributed by atoms with Crippen LogP contribution in [0.1, 0.15) is 50.4 Å². The Morgan fingerprint density at radius 1 is 1.04 bits per heavy atom. The van der Waals surface area contributed by atoms with Crippen LogP contribution in [0.25, 0.3) is 17.0 Å². The second-order valence-electron chi connectivity index (χ2n) is 7.38. The Morgan fingerprint density at radius 2 is 1.78 bits per heavy atom. The van der Waals surface area contributed by atoms with Gasteiger partial charge in [-0.1, -0.05) is 37.3 Å². The fourth-order valence-corrected chi connectivity index (χ4v) is 4.09. The number of carbonyl (C=O) groups excluding carboxylic acids is 2. The van der Waals surface area contributed by atoms with Crippen molar-refractivity contribution in [1.29, 1.82) is 0 Å². The molecule has 4 heteroatoms. The molecule has 5 rings (SSSR count). The van der Waals surface area contributed by atoms with E-state index in [1.54, 1.807) is 12.1 Å². The molecule has 3 aromatic rings. The number of Topliss-reactive ketones (excluding diaryl/α,β-unsaturated/α-hetero) is 2. The van der Waals surface area contributed by atoms with Crippen LogP contribution in [-0.2, 0) is 6.42 Å². The van der Waals surface area contributed by atoms with Crippen molar-refractivity contribution in [3.63, 3.8) is 0 Å². The third kappa shape index (κ3) is 2.33. The number of fused-ring (bicyclic) bond motifs is 3. The van der Waals surface area contributed by atoms with E-state index in [4.69, 9.17) is 0 Å². The average Bonchev–Trinajstić information content (AvgIpc) is 2.89. The summed E-state index contributed by atoms with van der Waals surface area (Å²) in [7, 11) is 0. The van der Waals surface area contributed by atoms with E-state index in [0.29, 0.717) is 22.6 Å². The number of aromatic hydroxyl groups is 1. The van der Waals surface area contributed by atoms with Gasteiger partial charge in [0.2, 0.25) is 0 Å². The van der Waals surface area contributed by atoms with E-state index in [1.807, 2.05) is 36.4 Å². The van der Waals surface area contributed by atoms with Crippen LogP contribution in [0.15, 0.2) is 48.5 Å². The summed E-state index contributed by atoms with van der Waals surface area (Å²) in [6.07, 6.45) is 4.98. The highest BCUT2D eigenvalue weighted by molar-refractivity contribution is 6.30. The number of hydrogen-bond acceptors (Lipinski definition) is 4. The van der Waals surface area contributed by atoms with Crippen LogP contribution in [0.3, 0.4) is 0 Å². The van der Waals surface area contributed by atoms with E-state index in [-0.39, 0.29) is 23.0 Å². The van der Waals surface area contributed by atoms with Gasteiger partial charge in [-0.2, -0.15) is 0 Å². The molecule has 2 aliphatic rings. The smallest absolute Gasteiger partial charge is 0.180 e. The number of aromatic nitrogens is 1. The summed E-state index contributed by atoms with van der Waals surface area (Å²) in [5.74, 6) is -1.35. The largest absolute Gasteiger partial charge is 0.506 e. The highest BCUT2D eigenvalue weighted by Gasteiger charge is 2.42. The highest BCUT2D eigenvalue weighted by atomic mass is 16.3. The quantitative estimate of drug-likeness (QED) is 0.661. The minimum absolute atomic E-state index is 0.119. The second-order valence-corrected chi connectivity index (χ2v) is 7.38. The van der Waals surface area contributed by atoms with E-state index in [1.165, 1.54) is 0 Å². The molecule has 0 aliphatic heterocycles. The number of allylic oxidation sites excluding steroid dienone is 1. The Balaban J connectivity index is 1.65. The van der Waals surface area contributed by atoms with E-state index in [9.17, 15) is 14.7 Å². The number of hydrogen-bond donors (Lipinski definition) is 1. The van der Waals surface area contributed by atoms with Crippen molar-refractivity contribution in [3.8, 4) is 5.75 Å². The van der Waals surface area contributed by atoms with E-state index < -0.39 is 5.92 Å². The second kappa shape index (κ2) is 5.61. The molecule has 0 amide bonds. The Bertz CT molecular complexity index is 1180. The number of nitrogens with zero attached hydrogens (tertiary/aromatic N) is 1. The summed E-state index contributed by atoms with van der Waals surface area (Å²) in [6.45, 7) is 2.12. The molecule has 0 fully saturated rings. The van der Waals surface area contributed by atoms with Gasteiger partial charge < -0.3 is 5.11 Å². The minimum atomic E-state index is -1.07. The monoisotopic (exact) mass is 355 g/mol. The zero-order chi connectivity index (χ0) is 18.7. The van der Waals surface area contributed by atoms with E-state index >= 15 is 0 Å². The molecule has 0 radical (unpaired) electrons. The van der Waals surface area contributed by atoms with Gasteiger partial charge in [-0.05, 0) is 47.7 Å². The topological polar surface area (TPSA) is 67.3 Å². The lowest BCUT2D eigenvalue weighted by Gasteiger charge is -2.16. The Hall–Kier alpha value is -3.27. The molecule has 0 spiro atoms. The summed E-state index contributed by atoms with van der Waals surface area (Å²) in [5.41, 5.74) is 3.74.